The standard InChI is InChI=1S/C15H16F3N3O/c16-15(17,18)13-8-12(2-1-11(13)9-19)21-5-3-10(4-6-21)7-14(20)22/h1-2,8,10H,3-7H2,(H2,20,22). The number of carbonyl (C=O) groups excluding carboxylic acids is 1. The van der Waals surface area contributed by atoms with Crippen molar-refractivity contribution in [2.75, 3.05) is 18.0 Å². The van der Waals surface area contributed by atoms with E-state index in [0.29, 0.717) is 38.0 Å². The SMILES string of the molecule is N#Cc1ccc(N2CCC(CC(N)=O)CC2)cc1C(F)(F)F. The zero-order valence-corrected chi connectivity index (χ0v) is 11.9. The van der Waals surface area contributed by atoms with Gasteiger partial charge in [-0.3, -0.25) is 4.79 Å². The molecule has 4 nitrogen and oxygen atoms in total. The molecule has 7 heteroatoms. The van der Waals surface area contributed by atoms with Gasteiger partial charge in [-0.15, -0.1) is 0 Å². The highest BCUT2D eigenvalue weighted by molar-refractivity contribution is 5.74. The zero-order valence-electron chi connectivity index (χ0n) is 11.9. The summed E-state index contributed by atoms with van der Waals surface area (Å²) in [5.41, 5.74) is 4.32. The highest BCUT2D eigenvalue weighted by atomic mass is 19.4. The van der Waals surface area contributed by atoms with Crippen LogP contribution in [0.15, 0.2) is 18.2 Å². The second-order valence-corrected chi connectivity index (χ2v) is 5.44. The van der Waals surface area contributed by atoms with Crippen molar-refractivity contribution in [3.63, 3.8) is 0 Å². The Labute approximate surface area is 126 Å². The fourth-order valence-electron chi connectivity index (χ4n) is 2.74. The minimum Gasteiger partial charge on any atom is -0.372 e. The number of halogens is 3. The molecule has 0 atom stereocenters. The molecular formula is C15H16F3N3O. The molecule has 1 amide bonds. The molecule has 1 aromatic carbocycles. The van der Waals surface area contributed by atoms with Crippen LogP contribution in [0.25, 0.3) is 0 Å². The molecule has 1 heterocycles. The van der Waals surface area contributed by atoms with Crippen LogP contribution in [-0.2, 0) is 11.0 Å². The van der Waals surface area contributed by atoms with Crippen LogP contribution in [0.4, 0.5) is 18.9 Å². The first-order valence-electron chi connectivity index (χ1n) is 6.96. The molecule has 0 aliphatic carbocycles. The fourth-order valence-corrected chi connectivity index (χ4v) is 2.74. The number of anilines is 1. The number of hydrogen-bond donors (Lipinski definition) is 1. The van der Waals surface area contributed by atoms with Gasteiger partial charge in [-0.25, -0.2) is 0 Å². The predicted molar refractivity (Wildman–Crippen MR) is 74.9 cm³/mol. The average Bonchev–Trinajstić information content (AvgIpc) is 2.46. The summed E-state index contributed by atoms with van der Waals surface area (Å²) in [5.74, 6) is -0.162. The number of carbonyl (C=O) groups is 1. The molecular weight excluding hydrogens is 295 g/mol. The number of nitriles is 1. The van der Waals surface area contributed by atoms with Gasteiger partial charge in [0.05, 0.1) is 17.2 Å². The van der Waals surface area contributed by atoms with Gasteiger partial charge in [0.2, 0.25) is 5.91 Å². The summed E-state index contributed by atoms with van der Waals surface area (Å²) in [5, 5.41) is 8.79. The van der Waals surface area contributed by atoms with Crippen LogP contribution < -0.4 is 10.6 Å². The molecule has 0 saturated carbocycles. The van der Waals surface area contributed by atoms with Crippen LogP contribution in [-0.4, -0.2) is 19.0 Å². The molecule has 0 spiro atoms. The van der Waals surface area contributed by atoms with Gasteiger partial charge in [0.1, 0.15) is 0 Å². The van der Waals surface area contributed by atoms with Crippen molar-refractivity contribution < 1.29 is 18.0 Å². The lowest BCUT2D eigenvalue weighted by Gasteiger charge is -2.33. The van der Waals surface area contributed by atoms with Crippen LogP contribution in [0.3, 0.4) is 0 Å². The Morgan fingerprint density at radius 3 is 2.50 bits per heavy atom. The Morgan fingerprint density at radius 2 is 2.00 bits per heavy atom. The van der Waals surface area contributed by atoms with Crippen LogP contribution in [0.1, 0.15) is 30.4 Å². The van der Waals surface area contributed by atoms with Crippen molar-refractivity contribution in [3.05, 3.63) is 29.3 Å². The van der Waals surface area contributed by atoms with E-state index < -0.39 is 11.7 Å². The Balaban J connectivity index is 2.15. The molecule has 1 aromatic rings. The Hall–Kier alpha value is -2.23. The van der Waals surface area contributed by atoms with E-state index in [1.54, 1.807) is 6.07 Å². The normalized spacial score (nSPS) is 16.4. The van der Waals surface area contributed by atoms with Gasteiger partial charge in [-0.1, -0.05) is 0 Å². The van der Waals surface area contributed by atoms with Gasteiger partial charge in [0, 0.05) is 25.2 Å². The molecule has 2 N–H and O–H groups in total. The Bertz CT molecular complexity index is 599. The third kappa shape index (κ3) is 3.70. The van der Waals surface area contributed by atoms with Gasteiger partial charge >= 0.3 is 6.18 Å². The molecule has 0 bridgehead atoms. The first kappa shape index (κ1) is 16.1. The second kappa shape index (κ2) is 6.26. The van der Waals surface area contributed by atoms with Crippen molar-refractivity contribution in [3.8, 4) is 6.07 Å². The van der Waals surface area contributed by atoms with E-state index in [1.807, 2.05) is 4.90 Å². The van der Waals surface area contributed by atoms with E-state index in [-0.39, 0.29) is 17.4 Å². The first-order chi connectivity index (χ1) is 10.3. The number of nitrogens with zero attached hydrogens (tertiary/aromatic N) is 2. The smallest absolute Gasteiger partial charge is 0.372 e. The molecule has 2 rings (SSSR count). The zero-order chi connectivity index (χ0) is 16.3. The fraction of sp³-hybridized carbons (Fsp3) is 0.467. The molecule has 0 aromatic heterocycles. The highest BCUT2D eigenvalue weighted by Gasteiger charge is 2.34. The molecule has 22 heavy (non-hydrogen) atoms. The van der Waals surface area contributed by atoms with Gasteiger partial charge in [-0.2, -0.15) is 18.4 Å². The van der Waals surface area contributed by atoms with Crippen LogP contribution >= 0.6 is 0 Å². The number of piperidine rings is 1. The lowest BCUT2D eigenvalue weighted by atomic mass is 9.93. The third-order valence-corrected chi connectivity index (χ3v) is 3.90. The highest BCUT2D eigenvalue weighted by Crippen LogP contribution is 2.35. The van der Waals surface area contributed by atoms with E-state index in [0.717, 1.165) is 6.07 Å². The monoisotopic (exact) mass is 311 g/mol. The minimum atomic E-state index is -4.55. The number of amides is 1. The summed E-state index contributed by atoms with van der Waals surface area (Å²) in [7, 11) is 0. The molecule has 1 saturated heterocycles. The van der Waals surface area contributed by atoms with Gasteiger partial charge in [0.15, 0.2) is 0 Å². The van der Waals surface area contributed by atoms with Gasteiger partial charge in [0.25, 0.3) is 0 Å². The lowest BCUT2D eigenvalue weighted by Crippen LogP contribution is -2.35. The Kier molecular flexibility index (Phi) is 4.59. The van der Waals surface area contributed by atoms with Crippen molar-refractivity contribution in [1.29, 1.82) is 5.26 Å². The number of hydrogen-bond acceptors (Lipinski definition) is 3. The van der Waals surface area contributed by atoms with Crippen molar-refractivity contribution in [2.24, 2.45) is 11.7 Å². The maximum atomic E-state index is 13.0. The third-order valence-electron chi connectivity index (χ3n) is 3.90. The van der Waals surface area contributed by atoms with Crippen molar-refractivity contribution >= 4 is 11.6 Å². The van der Waals surface area contributed by atoms with E-state index in [4.69, 9.17) is 11.0 Å². The van der Waals surface area contributed by atoms with Crippen LogP contribution in [0.2, 0.25) is 0 Å². The second-order valence-electron chi connectivity index (χ2n) is 5.44. The summed E-state index contributed by atoms with van der Waals surface area (Å²) in [6.07, 6.45) is -2.81. The quantitative estimate of drug-likeness (QED) is 0.933. The summed E-state index contributed by atoms with van der Waals surface area (Å²) in [6, 6.07) is 5.32. The van der Waals surface area contributed by atoms with E-state index in [2.05, 4.69) is 0 Å². The van der Waals surface area contributed by atoms with Crippen LogP contribution in [0, 0.1) is 17.2 Å². The van der Waals surface area contributed by atoms with E-state index >= 15 is 0 Å². The van der Waals surface area contributed by atoms with E-state index in [9.17, 15) is 18.0 Å². The number of rotatable bonds is 3. The maximum absolute atomic E-state index is 13.0. The molecule has 0 radical (unpaired) electrons. The number of primary amides is 1. The van der Waals surface area contributed by atoms with Crippen LogP contribution in [0.5, 0.6) is 0 Å². The summed E-state index contributed by atoms with van der Waals surface area (Å²) in [4.78, 5) is 12.7. The van der Waals surface area contributed by atoms with Gasteiger partial charge in [-0.05, 0) is 37.0 Å². The average molecular weight is 311 g/mol. The van der Waals surface area contributed by atoms with Crippen molar-refractivity contribution in [1.82, 2.24) is 0 Å². The topological polar surface area (TPSA) is 70.1 Å². The summed E-state index contributed by atoms with van der Waals surface area (Å²) < 4.78 is 38.9. The molecule has 1 fully saturated rings. The summed E-state index contributed by atoms with van der Waals surface area (Å²) in [6.45, 7) is 1.14. The van der Waals surface area contributed by atoms with E-state index in [1.165, 1.54) is 12.1 Å². The van der Waals surface area contributed by atoms with Gasteiger partial charge < -0.3 is 10.6 Å². The lowest BCUT2D eigenvalue weighted by molar-refractivity contribution is -0.137. The Morgan fingerprint density at radius 1 is 1.36 bits per heavy atom. The first-order valence-corrected chi connectivity index (χ1v) is 6.96. The summed E-state index contributed by atoms with van der Waals surface area (Å²) >= 11 is 0. The minimum absolute atomic E-state index is 0.189. The number of benzene rings is 1. The molecule has 0 unspecified atom stereocenters. The molecule has 1 aliphatic heterocycles. The maximum Gasteiger partial charge on any atom is 0.417 e. The molecule has 1 aliphatic rings. The number of alkyl halides is 3. The predicted octanol–water partition coefficient (Wildman–Crippen LogP) is 2.67. The molecule has 118 valence electrons. The largest absolute Gasteiger partial charge is 0.417 e. The number of nitrogens with two attached hydrogens (primary N) is 1. The van der Waals surface area contributed by atoms with Crippen molar-refractivity contribution in [2.45, 2.75) is 25.4 Å².